The molecule has 3 nitrogen and oxygen atoms in total. The largest absolute Gasteiger partial charge is 0.489 e. The van der Waals surface area contributed by atoms with Crippen LogP contribution in [0.25, 0.3) is 0 Å². The lowest BCUT2D eigenvalue weighted by Crippen LogP contribution is -2.89. The van der Waals surface area contributed by atoms with E-state index >= 15 is 0 Å². The van der Waals surface area contributed by atoms with E-state index in [0.717, 1.165) is 31.1 Å². The van der Waals surface area contributed by atoms with Gasteiger partial charge in [-0.15, -0.1) is 0 Å². The number of benzene rings is 1. The van der Waals surface area contributed by atoms with Gasteiger partial charge in [0.1, 0.15) is 0 Å². The molecular weight excluding hydrogens is 238 g/mol. The van der Waals surface area contributed by atoms with Crippen LogP contribution >= 0.6 is 0 Å². The minimum atomic E-state index is 0.170. The Balaban J connectivity index is 2.32. The van der Waals surface area contributed by atoms with Crippen molar-refractivity contribution in [3.63, 3.8) is 0 Å². The topological polar surface area (TPSA) is 35.1 Å². The Kier molecular flexibility index (Phi) is 7.34. The van der Waals surface area contributed by atoms with E-state index in [0.29, 0.717) is 6.04 Å². The van der Waals surface area contributed by atoms with Crippen LogP contribution in [0.3, 0.4) is 0 Å². The highest BCUT2D eigenvalue weighted by Crippen LogP contribution is 2.27. The summed E-state index contributed by atoms with van der Waals surface area (Å²) >= 11 is 0. The lowest BCUT2D eigenvalue weighted by molar-refractivity contribution is -0.686. The van der Waals surface area contributed by atoms with Gasteiger partial charge >= 0.3 is 0 Å². The number of ether oxygens (including phenoxy) is 2. The van der Waals surface area contributed by atoms with E-state index in [1.54, 1.807) is 0 Å². The number of para-hydroxylation sites is 2. The number of quaternary nitrogens is 1. The summed E-state index contributed by atoms with van der Waals surface area (Å²) in [5.74, 6) is 1.68. The molecule has 3 heteroatoms. The van der Waals surface area contributed by atoms with E-state index in [2.05, 4.69) is 19.2 Å². The highest BCUT2D eigenvalue weighted by Gasteiger charge is 2.06. The normalized spacial score (nSPS) is 12.5. The van der Waals surface area contributed by atoms with Crippen LogP contribution < -0.4 is 14.8 Å². The van der Waals surface area contributed by atoms with Crippen LogP contribution in [-0.4, -0.2) is 25.3 Å². The second-order valence-corrected chi connectivity index (χ2v) is 5.23. The SMILES string of the molecule is CC[C@@H](C)[NH2+]CCCOc1ccccc1OC(C)C. The molecule has 2 N–H and O–H groups in total. The summed E-state index contributed by atoms with van der Waals surface area (Å²) in [4.78, 5) is 0. The minimum absolute atomic E-state index is 0.170. The molecular formula is C16H28NO2+. The van der Waals surface area contributed by atoms with Gasteiger partial charge in [0.05, 0.1) is 25.3 Å². The Morgan fingerprint density at radius 1 is 1.11 bits per heavy atom. The molecule has 0 aliphatic rings. The zero-order valence-electron chi connectivity index (χ0n) is 12.7. The van der Waals surface area contributed by atoms with Crippen LogP contribution in [0.2, 0.25) is 0 Å². The molecule has 1 aromatic carbocycles. The summed E-state index contributed by atoms with van der Waals surface area (Å²) in [6, 6.07) is 8.59. The summed E-state index contributed by atoms with van der Waals surface area (Å²) in [6.07, 6.45) is 2.44. The zero-order valence-corrected chi connectivity index (χ0v) is 12.7. The monoisotopic (exact) mass is 266 g/mol. The first-order valence-electron chi connectivity index (χ1n) is 7.35. The van der Waals surface area contributed by atoms with Gasteiger partial charge in [-0.2, -0.15) is 0 Å². The fourth-order valence-corrected chi connectivity index (χ4v) is 1.76. The lowest BCUT2D eigenvalue weighted by Gasteiger charge is -2.14. The first-order chi connectivity index (χ1) is 9.13. The van der Waals surface area contributed by atoms with Crippen molar-refractivity contribution in [1.29, 1.82) is 0 Å². The molecule has 0 aliphatic carbocycles. The van der Waals surface area contributed by atoms with Gasteiger partial charge in [0, 0.05) is 6.42 Å². The van der Waals surface area contributed by atoms with Crippen LogP contribution in [0.4, 0.5) is 0 Å². The molecule has 0 saturated carbocycles. The predicted octanol–water partition coefficient (Wildman–Crippen LogP) is 2.60. The molecule has 0 bridgehead atoms. The quantitative estimate of drug-likeness (QED) is 0.697. The van der Waals surface area contributed by atoms with Crippen LogP contribution in [0, 0.1) is 0 Å². The molecule has 0 heterocycles. The van der Waals surface area contributed by atoms with Gasteiger partial charge in [-0.1, -0.05) is 19.1 Å². The van der Waals surface area contributed by atoms with E-state index < -0.39 is 0 Å². The van der Waals surface area contributed by atoms with Gasteiger partial charge in [-0.3, -0.25) is 0 Å². The highest BCUT2D eigenvalue weighted by atomic mass is 16.5. The second kappa shape index (κ2) is 8.81. The molecule has 0 aromatic heterocycles. The lowest BCUT2D eigenvalue weighted by atomic mass is 10.2. The first-order valence-corrected chi connectivity index (χ1v) is 7.35. The molecule has 0 radical (unpaired) electrons. The van der Waals surface area contributed by atoms with E-state index in [4.69, 9.17) is 9.47 Å². The summed E-state index contributed by atoms with van der Waals surface area (Å²) in [5, 5.41) is 2.37. The summed E-state index contributed by atoms with van der Waals surface area (Å²) in [5.41, 5.74) is 0. The molecule has 0 unspecified atom stereocenters. The van der Waals surface area contributed by atoms with Crippen molar-refractivity contribution in [2.24, 2.45) is 0 Å². The van der Waals surface area contributed by atoms with E-state index in [1.165, 1.54) is 6.42 Å². The molecule has 0 amide bonds. The second-order valence-electron chi connectivity index (χ2n) is 5.23. The number of nitrogens with two attached hydrogens (primary N) is 1. The van der Waals surface area contributed by atoms with Crippen molar-refractivity contribution in [2.45, 2.75) is 52.7 Å². The molecule has 0 saturated heterocycles. The Morgan fingerprint density at radius 3 is 2.42 bits per heavy atom. The van der Waals surface area contributed by atoms with Gasteiger partial charge in [0.2, 0.25) is 0 Å². The minimum Gasteiger partial charge on any atom is -0.489 e. The third kappa shape index (κ3) is 6.48. The maximum absolute atomic E-state index is 5.81. The fourth-order valence-electron chi connectivity index (χ4n) is 1.76. The molecule has 0 spiro atoms. The molecule has 1 aromatic rings. The summed E-state index contributed by atoms with van der Waals surface area (Å²) in [7, 11) is 0. The zero-order chi connectivity index (χ0) is 14.1. The molecule has 1 rings (SSSR count). The van der Waals surface area contributed by atoms with Crippen molar-refractivity contribution >= 4 is 0 Å². The average Bonchev–Trinajstić information content (AvgIpc) is 2.39. The van der Waals surface area contributed by atoms with Crippen LogP contribution in [0.5, 0.6) is 11.5 Å². The van der Waals surface area contributed by atoms with E-state index in [9.17, 15) is 0 Å². The standard InChI is InChI=1S/C16H27NO2/c1-5-14(4)17-11-8-12-18-15-9-6-7-10-16(15)19-13(2)3/h6-7,9-10,13-14,17H,5,8,11-12H2,1-4H3/p+1/t14-/m1/s1. The highest BCUT2D eigenvalue weighted by molar-refractivity contribution is 5.39. The first kappa shape index (κ1) is 15.8. The van der Waals surface area contributed by atoms with Crippen molar-refractivity contribution in [2.75, 3.05) is 13.2 Å². The van der Waals surface area contributed by atoms with Crippen LogP contribution in [0.1, 0.15) is 40.5 Å². The van der Waals surface area contributed by atoms with Crippen molar-refractivity contribution < 1.29 is 14.8 Å². The number of rotatable bonds is 9. The Morgan fingerprint density at radius 2 is 1.79 bits per heavy atom. The summed E-state index contributed by atoms with van der Waals surface area (Å²) < 4.78 is 11.5. The van der Waals surface area contributed by atoms with E-state index in [1.807, 2.05) is 38.1 Å². The third-order valence-electron chi connectivity index (χ3n) is 3.03. The Hall–Kier alpha value is -1.22. The molecule has 108 valence electrons. The molecule has 0 fully saturated rings. The van der Waals surface area contributed by atoms with Crippen LogP contribution in [-0.2, 0) is 0 Å². The van der Waals surface area contributed by atoms with Gasteiger partial charge in [-0.25, -0.2) is 0 Å². The number of hydrogen-bond donors (Lipinski definition) is 1. The Labute approximate surface area is 117 Å². The fraction of sp³-hybridized carbons (Fsp3) is 0.625. The van der Waals surface area contributed by atoms with Crippen molar-refractivity contribution in [3.8, 4) is 11.5 Å². The Bertz CT molecular complexity index is 352. The smallest absolute Gasteiger partial charge is 0.161 e. The molecule has 1 atom stereocenters. The maximum atomic E-state index is 5.81. The average molecular weight is 266 g/mol. The molecule has 19 heavy (non-hydrogen) atoms. The van der Waals surface area contributed by atoms with Crippen molar-refractivity contribution in [3.05, 3.63) is 24.3 Å². The molecule has 0 aliphatic heterocycles. The summed E-state index contributed by atoms with van der Waals surface area (Å²) in [6.45, 7) is 10.4. The third-order valence-corrected chi connectivity index (χ3v) is 3.03. The predicted molar refractivity (Wildman–Crippen MR) is 78.9 cm³/mol. The van der Waals surface area contributed by atoms with E-state index in [-0.39, 0.29) is 6.10 Å². The van der Waals surface area contributed by atoms with Gasteiger partial charge in [0.25, 0.3) is 0 Å². The van der Waals surface area contributed by atoms with Gasteiger partial charge in [-0.05, 0) is 39.3 Å². The maximum Gasteiger partial charge on any atom is 0.161 e. The van der Waals surface area contributed by atoms with Crippen LogP contribution in [0.15, 0.2) is 24.3 Å². The van der Waals surface area contributed by atoms with Gasteiger partial charge < -0.3 is 14.8 Å². The van der Waals surface area contributed by atoms with Gasteiger partial charge in [0.15, 0.2) is 11.5 Å². The number of hydrogen-bond acceptors (Lipinski definition) is 2. The van der Waals surface area contributed by atoms with Crippen molar-refractivity contribution in [1.82, 2.24) is 0 Å².